The average molecular weight is 201 g/mol. The maximum Gasteiger partial charge on any atom is 0.225 e. The maximum atomic E-state index is 11.3. The van der Waals surface area contributed by atoms with Gasteiger partial charge in [-0.25, -0.2) is 0 Å². The fourth-order valence-corrected chi connectivity index (χ4v) is 3.88. The highest BCUT2D eigenvalue weighted by molar-refractivity contribution is 6.64. The first kappa shape index (κ1) is 9.51. The summed E-state index contributed by atoms with van der Waals surface area (Å²) in [6.45, 7) is 6.83. The van der Waals surface area contributed by atoms with Crippen molar-refractivity contribution in [3.05, 3.63) is 0 Å². The third-order valence-electron chi connectivity index (χ3n) is 5.07. The Morgan fingerprint density at radius 1 is 1.38 bits per heavy atom. The smallest absolute Gasteiger partial charge is 0.225 e. The van der Waals surface area contributed by atoms with Crippen molar-refractivity contribution in [3.63, 3.8) is 0 Å². The SMILES string of the molecule is CC1(C)[C@H]2CC[C@]1(C)C(C(=O)Cl)C2. The molecule has 0 N–H and O–H groups in total. The molecule has 0 radical (unpaired) electrons. The Kier molecular flexibility index (Phi) is 1.83. The zero-order valence-electron chi connectivity index (χ0n) is 8.56. The summed E-state index contributed by atoms with van der Waals surface area (Å²) in [6.07, 6.45) is 3.48. The highest BCUT2D eigenvalue weighted by Crippen LogP contribution is 2.68. The van der Waals surface area contributed by atoms with Crippen molar-refractivity contribution in [2.24, 2.45) is 22.7 Å². The van der Waals surface area contributed by atoms with E-state index in [0.717, 1.165) is 6.42 Å². The van der Waals surface area contributed by atoms with Crippen molar-refractivity contribution in [2.45, 2.75) is 40.0 Å². The highest BCUT2D eigenvalue weighted by atomic mass is 35.5. The predicted molar refractivity (Wildman–Crippen MR) is 53.6 cm³/mol. The number of hydrogen-bond acceptors (Lipinski definition) is 1. The molecule has 2 fully saturated rings. The Morgan fingerprint density at radius 2 is 2.00 bits per heavy atom. The monoisotopic (exact) mass is 200 g/mol. The van der Waals surface area contributed by atoms with Crippen LogP contribution in [-0.4, -0.2) is 5.24 Å². The Balaban J connectivity index is 2.38. The van der Waals surface area contributed by atoms with E-state index in [1.165, 1.54) is 12.8 Å². The molecule has 2 heteroatoms. The highest BCUT2D eigenvalue weighted by Gasteiger charge is 2.62. The minimum absolute atomic E-state index is 0.113. The van der Waals surface area contributed by atoms with Gasteiger partial charge in [0.2, 0.25) is 5.24 Å². The van der Waals surface area contributed by atoms with E-state index < -0.39 is 0 Å². The lowest BCUT2D eigenvalue weighted by Crippen LogP contribution is -2.34. The molecule has 0 amide bonds. The van der Waals surface area contributed by atoms with Gasteiger partial charge in [0, 0.05) is 5.92 Å². The zero-order valence-corrected chi connectivity index (χ0v) is 9.32. The van der Waals surface area contributed by atoms with Gasteiger partial charge in [-0.2, -0.15) is 0 Å². The minimum Gasteiger partial charge on any atom is -0.281 e. The van der Waals surface area contributed by atoms with Crippen LogP contribution in [0, 0.1) is 22.7 Å². The van der Waals surface area contributed by atoms with Crippen LogP contribution in [-0.2, 0) is 4.79 Å². The fourth-order valence-electron chi connectivity index (χ4n) is 3.55. The lowest BCUT2D eigenvalue weighted by molar-refractivity contribution is -0.119. The molecule has 2 rings (SSSR count). The van der Waals surface area contributed by atoms with Crippen LogP contribution in [0.2, 0.25) is 0 Å². The quantitative estimate of drug-likeness (QED) is 0.594. The normalized spacial score (nSPS) is 46.8. The van der Waals surface area contributed by atoms with Crippen molar-refractivity contribution in [3.8, 4) is 0 Å². The molecule has 2 bridgehead atoms. The first-order valence-corrected chi connectivity index (χ1v) is 5.47. The zero-order chi connectivity index (χ0) is 9.85. The van der Waals surface area contributed by atoms with Gasteiger partial charge in [-0.15, -0.1) is 0 Å². The number of carbonyl (C=O) groups excluding carboxylic acids is 1. The van der Waals surface area contributed by atoms with Crippen LogP contribution >= 0.6 is 11.6 Å². The van der Waals surface area contributed by atoms with Crippen LogP contribution in [0.3, 0.4) is 0 Å². The van der Waals surface area contributed by atoms with Gasteiger partial charge in [0.25, 0.3) is 0 Å². The topological polar surface area (TPSA) is 17.1 Å². The van der Waals surface area contributed by atoms with Gasteiger partial charge in [-0.05, 0) is 47.6 Å². The third-order valence-corrected chi connectivity index (χ3v) is 5.33. The first-order valence-electron chi connectivity index (χ1n) is 5.09. The molecule has 2 aliphatic rings. The Hall–Kier alpha value is -0.0400. The fraction of sp³-hybridized carbons (Fsp3) is 0.909. The number of halogens is 1. The second kappa shape index (κ2) is 2.50. The van der Waals surface area contributed by atoms with Crippen molar-refractivity contribution < 1.29 is 4.79 Å². The van der Waals surface area contributed by atoms with E-state index in [0.29, 0.717) is 11.3 Å². The largest absolute Gasteiger partial charge is 0.281 e. The van der Waals surface area contributed by atoms with Gasteiger partial charge < -0.3 is 0 Å². The van der Waals surface area contributed by atoms with Gasteiger partial charge >= 0.3 is 0 Å². The summed E-state index contributed by atoms with van der Waals surface area (Å²) in [4.78, 5) is 11.3. The summed E-state index contributed by atoms with van der Waals surface area (Å²) in [6, 6.07) is 0. The van der Waals surface area contributed by atoms with Crippen LogP contribution in [0.25, 0.3) is 0 Å². The van der Waals surface area contributed by atoms with Gasteiger partial charge in [-0.3, -0.25) is 4.79 Å². The molecule has 13 heavy (non-hydrogen) atoms. The van der Waals surface area contributed by atoms with Crippen LogP contribution in [0.4, 0.5) is 0 Å². The molecule has 3 atom stereocenters. The number of fused-ring (bicyclic) bond motifs is 2. The van der Waals surface area contributed by atoms with E-state index in [4.69, 9.17) is 11.6 Å². The molecule has 0 aromatic rings. The predicted octanol–water partition coefficient (Wildman–Crippen LogP) is 3.21. The molecule has 0 aromatic carbocycles. The number of carbonyl (C=O) groups is 1. The summed E-state index contributed by atoms with van der Waals surface area (Å²) < 4.78 is 0. The number of hydrogen-bond donors (Lipinski definition) is 0. The molecule has 1 unspecified atom stereocenters. The summed E-state index contributed by atoms with van der Waals surface area (Å²) >= 11 is 5.66. The summed E-state index contributed by atoms with van der Waals surface area (Å²) in [5.74, 6) is 0.827. The first-order chi connectivity index (χ1) is 5.89. The van der Waals surface area contributed by atoms with E-state index in [2.05, 4.69) is 20.8 Å². The molecule has 0 spiro atoms. The van der Waals surface area contributed by atoms with Gasteiger partial charge in [-0.1, -0.05) is 20.8 Å². The van der Waals surface area contributed by atoms with Crippen molar-refractivity contribution in [1.82, 2.24) is 0 Å². The third kappa shape index (κ3) is 0.971. The van der Waals surface area contributed by atoms with Crippen molar-refractivity contribution in [2.75, 3.05) is 0 Å². The number of rotatable bonds is 1. The summed E-state index contributed by atoms with van der Waals surface area (Å²) in [7, 11) is 0. The molecular formula is C11H17ClO. The molecule has 2 aliphatic carbocycles. The van der Waals surface area contributed by atoms with Crippen LogP contribution in [0.5, 0.6) is 0 Å². The maximum absolute atomic E-state index is 11.3. The van der Waals surface area contributed by atoms with Crippen LogP contribution in [0.15, 0.2) is 0 Å². The summed E-state index contributed by atoms with van der Waals surface area (Å²) in [5.41, 5.74) is 0.471. The second-order valence-corrected chi connectivity index (χ2v) is 5.84. The minimum atomic E-state index is -0.113. The molecule has 0 heterocycles. The second-order valence-electron chi connectivity index (χ2n) is 5.47. The van der Waals surface area contributed by atoms with E-state index >= 15 is 0 Å². The molecule has 74 valence electrons. The van der Waals surface area contributed by atoms with Gasteiger partial charge in [0.1, 0.15) is 0 Å². The van der Waals surface area contributed by atoms with Crippen LogP contribution in [0.1, 0.15) is 40.0 Å². The average Bonchev–Trinajstić information content (AvgIpc) is 2.34. The molecule has 1 nitrogen and oxygen atoms in total. The molecule has 0 aromatic heterocycles. The van der Waals surface area contributed by atoms with Crippen molar-refractivity contribution >= 4 is 16.8 Å². The standard InChI is InChI=1S/C11H17ClO/c1-10(2)7-4-5-11(10,3)8(6-7)9(12)13/h7-8H,4-6H2,1-3H3/t7-,8?,11+/m0/s1. The Labute approximate surface area is 84.8 Å². The molecule has 0 saturated heterocycles. The molecule has 0 aliphatic heterocycles. The van der Waals surface area contributed by atoms with E-state index in [9.17, 15) is 4.79 Å². The summed E-state index contributed by atoms with van der Waals surface area (Å²) in [5, 5.41) is -0.113. The van der Waals surface area contributed by atoms with E-state index in [-0.39, 0.29) is 16.6 Å². The van der Waals surface area contributed by atoms with Gasteiger partial charge in [0.15, 0.2) is 0 Å². The van der Waals surface area contributed by atoms with Crippen LogP contribution < -0.4 is 0 Å². The Morgan fingerprint density at radius 3 is 2.23 bits per heavy atom. The van der Waals surface area contributed by atoms with E-state index in [1.54, 1.807) is 0 Å². The van der Waals surface area contributed by atoms with E-state index in [1.807, 2.05) is 0 Å². The molecule has 2 saturated carbocycles. The lowest BCUT2D eigenvalue weighted by Gasteiger charge is -2.37. The Bertz CT molecular complexity index is 259. The van der Waals surface area contributed by atoms with Gasteiger partial charge in [0.05, 0.1) is 0 Å². The molecular weight excluding hydrogens is 184 g/mol. The van der Waals surface area contributed by atoms with Crippen molar-refractivity contribution in [1.29, 1.82) is 0 Å². The lowest BCUT2D eigenvalue weighted by atomic mass is 9.67.